The second-order valence-electron chi connectivity index (χ2n) is 4.90. The quantitative estimate of drug-likeness (QED) is 0.698. The summed E-state index contributed by atoms with van der Waals surface area (Å²) in [6.45, 7) is 8.79. The van der Waals surface area contributed by atoms with Crippen molar-refractivity contribution in [1.82, 2.24) is 9.97 Å². The summed E-state index contributed by atoms with van der Waals surface area (Å²) in [7, 11) is 0. The van der Waals surface area contributed by atoms with Crippen LogP contribution in [0.5, 0.6) is 0 Å². The molecular formula is C13H23N5O. The van der Waals surface area contributed by atoms with Gasteiger partial charge in [-0.15, -0.1) is 0 Å². The third kappa shape index (κ3) is 5.11. The van der Waals surface area contributed by atoms with E-state index >= 15 is 0 Å². The molecule has 0 saturated heterocycles. The largest absolute Gasteiger partial charge is 0.370 e. The molecule has 0 aliphatic rings. The minimum absolute atomic E-state index is 0.0538. The van der Waals surface area contributed by atoms with Gasteiger partial charge in [-0.3, -0.25) is 4.79 Å². The number of aromatic nitrogens is 2. The van der Waals surface area contributed by atoms with Gasteiger partial charge in [0.2, 0.25) is 5.91 Å². The lowest BCUT2D eigenvalue weighted by Gasteiger charge is -2.15. The van der Waals surface area contributed by atoms with Crippen LogP contribution in [-0.4, -0.2) is 28.5 Å². The Kier molecular flexibility index (Phi) is 5.54. The third-order valence-electron chi connectivity index (χ3n) is 2.52. The number of primary amides is 1. The fourth-order valence-electron chi connectivity index (χ4n) is 1.67. The van der Waals surface area contributed by atoms with E-state index in [4.69, 9.17) is 5.73 Å². The lowest BCUT2D eigenvalue weighted by molar-refractivity contribution is -0.118. The number of nitrogens with one attached hydrogen (secondary N) is 2. The molecule has 1 rings (SSSR count). The summed E-state index contributed by atoms with van der Waals surface area (Å²) in [6, 6.07) is 1.79. The second-order valence-corrected chi connectivity index (χ2v) is 4.90. The summed E-state index contributed by atoms with van der Waals surface area (Å²) in [4.78, 5) is 19.8. The molecule has 1 heterocycles. The molecule has 0 aromatic carbocycles. The van der Waals surface area contributed by atoms with Crippen LogP contribution in [0.1, 0.15) is 45.9 Å². The highest BCUT2D eigenvalue weighted by atomic mass is 16.1. The number of hydrogen-bond donors (Lipinski definition) is 3. The zero-order valence-corrected chi connectivity index (χ0v) is 12.0. The van der Waals surface area contributed by atoms with Crippen LogP contribution in [0.2, 0.25) is 0 Å². The summed E-state index contributed by atoms with van der Waals surface area (Å²) in [5.74, 6) is 2.18. The van der Waals surface area contributed by atoms with Gasteiger partial charge in [-0.1, -0.05) is 13.8 Å². The number of nitrogens with zero attached hydrogens (tertiary/aromatic N) is 2. The van der Waals surface area contributed by atoms with Crippen molar-refractivity contribution in [2.45, 2.75) is 46.1 Å². The molecule has 0 radical (unpaired) electrons. The van der Waals surface area contributed by atoms with Crippen LogP contribution in [0.15, 0.2) is 6.07 Å². The van der Waals surface area contributed by atoms with Gasteiger partial charge in [-0.25, -0.2) is 9.97 Å². The maximum atomic E-state index is 10.9. The number of hydrogen-bond acceptors (Lipinski definition) is 5. The minimum atomic E-state index is -0.329. The Balaban J connectivity index is 2.89. The van der Waals surface area contributed by atoms with Crippen molar-refractivity contribution in [3.05, 3.63) is 11.9 Å². The Morgan fingerprint density at radius 3 is 2.47 bits per heavy atom. The molecule has 1 unspecified atom stereocenters. The number of carbonyl (C=O) groups excluding carboxylic acids is 1. The van der Waals surface area contributed by atoms with E-state index in [0.29, 0.717) is 5.82 Å². The van der Waals surface area contributed by atoms with Crippen molar-refractivity contribution in [2.24, 2.45) is 5.73 Å². The Morgan fingerprint density at radius 2 is 1.95 bits per heavy atom. The number of rotatable bonds is 7. The molecule has 0 spiro atoms. The van der Waals surface area contributed by atoms with E-state index in [1.807, 2.05) is 33.8 Å². The van der Waals surface area contributed by atoms with Crippen molar-refractivity contribution in [1.29, 1.82) is 0 Å². The molecule has 0 aliphatic heterocycles. The van der Waals surface area contributed by atoms with E-state index in [2.05, 4.69) is 20.6 Å². The summed E-state index contributed by atoms with van der Waals surface area (Å²) >= 11 is 0. The molecule has 4 N–H and O–H groups in total. The van der Waals surface area contributed by atoms with Gasteiger partial charge in [0.15, 0.2) is 0 Å². The molecule has 1 amide bonds. The van der Waals surface area contributed by atoms with Crippen molar-refractivity contribution in [3.63, 3.8) is 0 Å². The molecule has 1 aromatic rings. The first-order chi connectivity index (χ1) is 8.92. The van der Waals surface area contributed by atoms with Crippen LogP contribution in [0.3, 0.4) is 0 Å². The molecule has 1 atom stereocenters. The van der Waals surface area contributed by atoms with Crippen LogP contribution in [0.25, 0.3) is 0 Å². The number of amides is 1. The highest BCUT2D eigenvalue weighted by Gasteiger charge is 2.11. The third-order valence-corrected chi connectivity index (χ3v) is 2.52. The highest BCUT2D eigenvalue weighted by molar-refractivity contribution is 5.74. The monoisotopic (exact) mass is 265 g/mol. The minimum Gasteiger partial charge on any atom is -0.370 e. The normalized spacial score (nSPS) is 12.3. The number of carbonyl (C=O) groups is 1. The number of anilines is 2. The molecule has 0 bridgehead atoms. The van der Waals surface area contributed by atoms with Crippen molar-refractivity contribution in [2.75, 3.05) is 17.2 Å². The van der Waals surface area contributed by atoms with E-state index in [9.17, 15) is 4.79 Å². The average molecular weight is 265 g/mol. The fourth-order valence-corrected chi connectivity index (χ4v) is 1.67. The van der Waals surface area contributed by atoms with E-state index < -0.39 is 0 Å². The van der Waals surface area contributed by atoms with Gasteiger partial charge in [0.25, 0.3) is 0 Å². The molecule has 6 nitrogen and oxygen atoms in total. The van der Waals surface area contributed by atoms with E-state index in [-0.39, 0.29) is 24.3 Å². The number of nitrogens with two attached hydrogens (primary N) is 1. The van der Waals surface area contributed by atoms with Crippen LogP contribution >= 0.6 is 0 Å². The second kappa shape index (κ2) is 6.92. The summed E-state index contributed by atoms with van der Waals surface area (Å²) in [6.07, 6.45) is 0.275. The molecule has 0 aliphatic carbocycles. The lowest BCUT2D eigenvalue weighted by atomic mass is 10.2. The molecule has 0 fully saturated rings. The fraction of sp³-hybridized carbons (Fsp3) is 0.615. The van der Waals surface area contributed by atoms with E-state index in [1.165, 1.54) is 0 Å². The predicted octanol–water partition coefficient (Wildman–Crippen LogP) is 1.71. The maximum absolute atomic E-state index is 10.9. The summed E-state index contributed by atoms with van der Waals surface area (Å²) in [5, 5.41) is 6.35. The van der Waals surface area contributed by atoms with Gasteiger partial charge in [0.05, 0.1) is 0 Å². The Labute approximate surface area is 114 Å². The van der Waals surface area contributed by atoms with Crippen molar-refractivity contribution < 1.29 is 4.79 Å². The molecule has 6 heteroatoms. The van der Waals surface area contributed by atoms with E-state index in [0.717, 1.165) is 18.2 Å². The Bertz CT molecular complexity index is 433. The highest BCUT2D eigenvalue weighted by Crippen LogP contribution is 2.17. The standard InChI is InChI=1S/C13H23N5O/c1-5-15-11-7-12(16-9(4)6-10(14)19)18-13(17-11)8(2)3/h7-9H,5-6H2,1-4H3,(H2,14,19)(H2,15,16,17,18). The zero-order chi connectivity index (χ0) is 14.4. The Morgan fingerprint density at radius 1 is 1.32 bits per heavy atom. The molecule has 19 heavy (non-hydrogen) atoms. The van der Waals surface area contributed by atoms with Gasteiger partial charge in [0.1, 0.15) is 17.5 Å². The summed E-state index contributed by atoms with van der Waals surface area (Å²) < 4.78 is 0. The molecular weight excluding hydrogens is 242 g/mol. The van der Waals surface area contributed by atoms with E-state index in [1.54, 1.807) is 0 Å². The van der Waals surface area contributed by atoms with Gasteiger partial charge in [-0.2, -0.15) is 0 Å². The summed E-state index contributed by atoms with van der Waals surface area (Å²) in [5.41, 5.74) is 5.18. The maximum Gasteiger partial charge on any atom is 0.219 e. The van der Waals surface area contributed by atoms with Crippen LogP contribution < -0.4 is 16.4 Å². The molecule has 106 valence electrons. The Hall–Kier alpha value is -1.85. The smallest absolute Gasteiger partial charge is 0.219 e. The SMILES string of the molecule is CCNc1cc(NC(C)CC(N)=O)nc(C(C)C)n1. The first kappa shape index (κ1) is 15.2. The zero-order valence-electron chi connectivity index (χ0n) is 12.0. The predicted molar refractivity (Wildman–Crippen MR) is 77.2 cm³/mol. The van der Waals surface area contributed by atoms with Gasteiger partial charge < -0.3 is 16.4 Å². The van der Waals surface area contributed by atoms with Crippen LogP contribution in [0, 0.1) is 0 Å². The average Bonchev–Trinajstić information content (AvgIpc) is 2.27. The van der Waals surface area contributed by atoms with Crippen molar-refractivity contribution in [3.8, 4) is 0 Å². The van der Waals surface area contributed by atoms with Gasteiger partial charge in [0, 0.05) is 31.0 Å². The lowest BCUT2D eigenvalue weighted by Crippen LogP contribution is -2.24. The molecule has 1 aromatic heterocycles. The first-order valence-electron chi connectivity index (χ1n) is 6.60. The topological polar surface area (TPSA) is 92.9 Å². The first-order valence-corrected chi connectivity index (χ1v) is 6.60. The van der Waals surface area contributed by atoms with Gasteiger partial charge >= 0.3 is 0 Å². The van der Waals surface area contributed by atoms with Gasteiger partial charge in [-0.05, 0) is 13.8 Å². The van der Waals surface area contributed by atoms with Crippen molar-refractivity contribution >= 4 is 17.5 Å². The van der Waals surface area contributed by atoms with Crippen LogP contribution in [-0.2, 0) is 4.79 Å². The molecule has 0 saturated carbocycles. The van der Waals surface area contributed by atoms with Crippen LogP contribution in [0.4, 0.5) is 11.6 Å².